The van der Waals surface area contributed by atoms with E-state index in [1.54, 1.807) is 0 Å². The van der Waals surface area contributed by atoms with Gasteiger partial charge in [-0.1, -0.05) is 47.6 Å². The molecule has 0 unspecified atom stereocenters. The van der Waals surface area contributed by atoms with Crippen LogP contribution in [0, 0.1) is 0 Å². The number of rotatable bonds is 15. The number of hydrogen-bond donors (Lipinski definition) is 2. The van der Waals surface area contributed by atoms with Crippen molar-refractivity contribution in [2.24, 2.45) is 0 Å². The number of thioether (sulfide) groups is 1. The highest BCUT2D eigenvalue weighted by molar-refractivity contribution is 7.99. The van der Waals surface area contributed by atoms with Crippen molar-refractivity contribution in [3.8, 4) is 17.0 Å². The van der Waals surface area contributed by atoms with Gasteiger partial charge < -0.3 is 18.7 Å². The van der Waals surface area contributed by atoms with Crippen molar-refractivity contribution in [2.45, 2.75) is 26.7 Å². The summed E-state index contributed by atoms with van der Waals surface area (Å²) in [5.74, 6) is 2.41. The minimum atomic E-state index is -0.558. The van der Waals surface area contributed by atoms with Gasteiger partial charge in [0, 0.05) is 37.1 Å². The fraction of sp³-hybridized carbons (Fsp3) is 0.360. The number of hydrazine groups is 1. The van der Waals surface area contributed by atoms with Gasteiger partial charge in [0.2, 0.25) is 12.2 Å². The molecule has 1 heterocycles. The predicted molar refractivity (Wildman–Crippen MR) is 132 cm³/mol. The molecule has 3 aromatic rings. The van der Waals surface area contributed by atoms with E-state index in [1.807, 2.05) is 74.5 Å². The van der Waals surface area contributed by atoms with Crippen LogP contribution in [0.25, 0.3) is 11.3 Å². The molecule has 0 aliphatic carbocycles. The van der Waals surface area contributed by atoms with Crippen molar-refractivity contribution in [2.75, 3.05) is 31.3 Å². The number of carbonyl (C=O) groups is 1. The van der Waals surface area contributed by atoms with Crippen LogP contribution in [0.1, 0.15) is 31.5 Å². The third-order valence-electron chi connectivity index (χ3n) is 4.64. The quantitative estimate of drug-likeness (QED) is 0.186. The van der Waals surface area contributed by atoms with Gasteiger partial charge in [0.15, 0.2) is 5.76 Å². The van der Waals surface area contributed by atoms with Crippen LogP contribution in [0.15, 0.2) is 65.2 Å². The van der Waals surface area contributed by atoms with E-state index in [0.717, 1.165) is 22.6 Å². The number of ether oxygens (including phenoxy) is 3. The van der Waals surface area contributed by atoms with Crippen molar-refractivity contribution >= 4 is 17.7 Å². The van der Waals surface area contributed by atoms with Gasteiger partial charge in [-0.15, -0.1) is 11.8 Å². The number of hydrogen-bond acceptors (Lipinski definition) is 8. The Hall–Kier alpha value is -2.85. The predicted octanol–water partition coefficient (Wildman–Crippen LogP) is 4.35. The van der Waals surface area contributed by atoms with E-state index >= 15 is 0 Å². The summed E-state index contributed by atoms with van der Waals surface area (Å²) in [6.07, 6.45) is -0.558. The van der Waals surface area contributed by atoms with Crippen LogP contribution >= 0.6 is 11.8 Å². The molecule has 0 radical (unpaired) electrons. The van der Waals surface area contributed by atoms with Crippen LogP contribution in [0.3, 0.4) is 0 Å². The zero-order chi connectivity index (χ0) is 24.0. The van der Waals surface area contributed by atoms with Crippen LogP contribution in [0.2, 0.25) is 0 Å². The molecule has 0 spiro atoms. The van der Waals surface area contributed by atoms with Gasteiger partial charge in [-0.05, 0) is 31.5 Å². The van der Waals surface area contributed by atoms with Gasteiger partial charge >= 0.3 is 0 Å². The molecule has 34 heavy (non-hydrogen) atoms. The largest absolute Gasteiger partial charge is 0.493 e. The van der Waals surface area contributed by atoms with E-state index in [1.165, 1.54) is 11.8 Å². The Kier molecular flexibility index (Phi) is 10.9. The Labute approximate surface area is 204 Å². The normalized spacial score (nSPS) is 11.0. The SMILES string of the molecule is CCOC(OCC)c1cc(-c2ccc(CNNC(=O)CSCCOc3ccccc3)cc2)no1. The molecule has 0 atom stereocenters. The molecule has 0 bridgehead atoms. The number of nitrogens with one attached hydrogen (secondary N) is 2. The number of nitrogens with zero attached hydrogens (tertiary/aromatic N) is 1. The average Bonchev–Trinajstić information content (AvgIpc) is 3.35. The van der Waals surface area contributed by atoms with E-state index < -0.39 is 6.29 Å². The highest BCUT2D eigenvalue weighted by atomic mass is 32.2. The number of para-hydroxylation sites is 1. The summed E-state index contributed by atoms with van der Waals surface area (Å²) in [6.45, 7) is 5.90. The molecule has 1 amide bonds. The van der Waals surface area contributed by atoms with E-state index in [0.29, 0.717) is 43.6 Å². The molecule has 3 rings (SSSR count). The first-order valence-electron chi connectivity index (χ1n) is 11.3. The molecule has 0 saturated carbocycles. The van der Waals surface area contributed by atoms with Gasteiger partial charge in [-0.2, -0.15) is 0 Å². The third-order valence-corrected chi connectivity index (χ3v) is 5.56. The van der Waals surface area contributed by atoms with Gasteiger partial charge in [0.1, 0.15) is 11.4 Å². The van der Waals surface area contributed by atoms with Crippen molar-refractivity contribution < 1.29 is 23.5 Å². The van der Waals surface area contributed by atoms with Gasteiger partial charge in [-0.3, -0.25) is 10.2 Å². The van der Waals surface area contributed by atoms with Crippen molar-refractivity contribution in [3.05, 3.63) is 72.0 Å². The zero-order valence-electron chi connectivity index (χ0n) is 19.5. The second-order valence-corrected chi connectivity index (χ2v) is 8.28. The summed E-state index contributed by atoms with van der Waals surface area (Å²) >= 11 is 1.53. The first kappa shape index (κ1) is 25.8. The molecular formula is C25H31N3O5S. The monoisotopic (exact) mass is 485 g/mol. The summed E-state index contributed by atoms with van der Waals surface area (Å²) < 4.78 is 22.1. The number of amides is 1. The lowest BCUT2D eigenvalue weighted by Crippen LogP contribution is -2.38. The smallest absolute Gasteiger partial charge is 0.244 e. The second-order valence-electron chi connectivity index (χ2n) is 7.17. The molecule has 0 saturated heterocycles. The van der Waals surface area contributed by atoms with E-state index in [9.17, 15) is 4.79 Å². The standard InChI is InChI=1S/C25H31N3O5S/c1-3-30-25(31-4-2)23-16-22(28-33-23)20-12-10-19(11-13-20)17-26-27-24(29)18-34-15-14-32-21-8-6-5-7-9-21/h5-13,16,25-26H,3-4,14-15,17-18H2,1-2H3,(H,27,29). The number of carbonyl (C=O) groups excluding carboxylic acids is 1. The third kappa shape index (κ3) is 8.49. The number of aromatic nitrogens is 1. The lowest BCUT2D eigenvalue weighted by Gasteiger charge is -2.12. The molecule has 8 nitrogen and oxygen atoms in total. The average molecular weight is 486 g/mol. The summed E-state index contributed by atoms with van der Waals surface area (Å²) in [5.41, 5.74) is 8.34. The maximum atomic E-state index is 12.0. The first-order valence-corrected chi connectivity index (χ1v) is 12.4. The molecule has 2 aromatic carbocycles. The Balaban J connectivity index is 1.35. The summed E-state index contributed by atoms with van der Waals surface area (Å²) in [6, 6.07) is 19.3. The first-order chi connectivity index (χ1) is 16.7. The molecular weight excluding hydrogens is 454 g/mol. The lowest BCUT2D eigenvalue weighted by atomic mass is 10.1. The lowest BCUT2D eigenvalue weighted by molar-refractivity contribution is -0.152. The molecule has 0 fully saturated rings. The molecule has 0 aliphatic heterocycles. The summed E-state index contributed by atoms with van der Waals surface area (Å²) in [4.78, 5) is 12.0. The van der Waals surface area contributed by atoms with Crippen LogP contribution in [0.4, 0.5) is 0 Å². The Morgan fingerprint density at radius 1 is 1.06 bits per heavy atom. The van der Waals surface area contributed by atoms with E-state index in [-0.39, 0.29) is 5.91 Å². The molecule has 2 N–H and O–H groups in total. The molecule has 182 valence electrons. The van der Waals surface area contributed by atoms with Crippen LogP contribution in [-0.4, -0.2) is 42.4 Å². The van der Waals surface area contributed by atoms with Crippen LogP contribution in [-0.2, 0) is 20.8 Å². The van der Waals surface area contributed by atoms with Crippen molar-refractivity contribution in [3.63, 3.8) is 0 Å². The summed E-state index contributed by atoms with van der Waals surface area (Å²) in [5, 5.41) is 4.13. The fourth-order valence-corrected chi connectivity index (χ4v) is 3.63. The Bertz CT molecular complexity index is 976. The molecule has 0 aliphatic rings. The highest BCUT2D eigenvalue weighted by Crippen LogP contribution is 2.25. The summed E-state index contributed by atoms with van der Waals surface area (Å²) in [7, 11) is 0. The van der Waals surface area contributed by atoms with Crippen LogP contribution in [0.5, 0.6) is 5.75 Å². The zero-order valence-corrected chi connectivity index (χ0v) is 20.3. The maximum absolute atomic E-state index is 12.0. The maximum Gasteiger partial charge on any atom is 0.244 e. The Morgan fingerprint density at radius 3 is 2.50 bits per heavy atom. The second kappa shape index (κ2) is 14.4. The minimum Gasteiger partial charge on any atom is -0.493 e. The molecule has 9 heteroatoms. The van der Waals surface area contributed by atoms with Gasteiger partial charge in [0.05, 0.1) is 12.4 Å². The highest BCUT2D eigenvalue weighted by Gasteiger charge is 2.18. The minimum absolute atomic E-state index is 0.0744. The number of benzene rings is 2. The molecule has 1 aromatic heterocycles. The van der Waals surface area contributed by atoms with Gasteiger partial charge in [0.25, 0.3) is 0 Å². The van der Waals surface area contributed by atoms with Crippen molar-refractivity contribution in [1.82, 2.24) is 16.0 Å². The van der Waals surface area contributed by atoms with Crippen molar-refractivity contribution in [1.29, 1.82) is 0 Å². The van der Waals surface area contributed by atoms with Crippen LogP contribution < -0.4 is 15.6 Å². The van der Waals surface area contributed by atoms with E-state index in [4.69, 9.17) is 18.7 Å². The topological polar surface area (TPSA) is 94.9 Å². The van der Waals surface area contributed by atoms with E-state index in [2.05, 4.69) is 16.0 Å². The fourth-order valence-electron chi connectivity index (χ4n) is 3.03. The Morgan fingerprint density at radius 2 is 1.79 bits per heavy atom. The van der Waals surface area contributed by atoms with Gasteiger partial charge in [-0.25, -0.2) is 5.43 Å².